The van der Waals surface area contributed by atoms with Gasteiger partial charge in [0.15, 0.2) is 6.10 Å². The number of benzene rings is 2. The lowest BCUT2D eigenvalue weighted by Crippen LogP contribution is -2.36. The van der Waals surface area contributed by atoms with Crippen LogP contribution in [0.3, 0.4) is 0 Å². The average molecular weight is 377 g/mol. The van der Waals surface area contributed by atoms with Crippen molar-refractivity contribution in [2.24, 2.45) is 0 Å². The molecule has 1 saturated heterocycles. The quantitative estimate of drug-likeness (QED) is 0.800. The summed E-state index contributed by atoms with van der Waals surface area (Å²) in [6.07, 6.45) is 3.25. The van der Waals surface area contributed by atoms with Gasteiger partial charge in [-0.1, -0.05) is 30.7 Å². The first-order valence-electron chi connectivity index (χ1n) is 9.89. The zero-order chi connectivity index (χ0) is 19.8. The van der Waals surface area contributed by atoms with E-state index in [0.29, 0.717) is 17.9 Å². The van der Waals surface area contributed by atoms with Crippen LogP contribution in [-0.4, -0.2) is 30.0 Å². The van der Waals surface area contributed by atoms with Gasteiger partial charge in [0.25, 0.3) is 5.91 Å². The van der Waals surface area contributed by atoms with Gasteiger partial charge in [-0.05, 0) is 68.2 Å². The van der Waals surface area contributed by atoms with E-state index < -0.39 is 6.10 Å². The molecule has 0 saturated carbocycles. The molecule has 0 spiro atoms. The van der Waals surface area contributed by atoms with Crippen LogP contribution in [0.25, 0.3) is 0 Å². The number of nitriles is 1. The molecule has 1 unspecified atom stereocenters. The minimum Gasteiger partial charge on any atom is -0.481 e. The van der Waals surface area contributed by atoms with E-state index in [9.17, 15) is 4.79 Å². The predicted octanol–water partition coefficient (Wildman–Crippen LogP) is 3.63. The number of hydrogen-bond acceptors (Lipinski definition) is 4. The first-order valence-corrected chi connectivity index (χ1v) is 9.89. The van der Waals surface area contributed by atoms with E-state index in [1.165, 1.54) is 24.8 Å². The summed E-state index contributed by atoms with van der Waals surface area (Å²) in [7, 11) is 0. The lowest BCUT2D eigenvalue weighted by molar-refractivity contribution is -0.127. The second-order valence-electron chi connectivity index (χ2n) is 7.22. The third-order valence-corrected chi connectivity index (χ3v) is 5.08. The third-order valence-electron chi connectivity index (χ3n) is 5.08. The molecule has 0 radical (unpaired) electrons. The fourth-order valence-corrected chi connectivity index (χ4v) is 3.43. The van der Waals surface area contributed by atoms with E-state index in [1.54, 1.807) is 31.2 Å². The number of ether oxygens (including phenoxy) is 1. The second-order valence-corrected chi connectivity index (χ2v) is 7.22. The Balaban J connectivity index is 1.54. The molecule has 2 aromatic rings. The number of carbonyl (C=O) groups is 1. The molecule has 1 fully saturated rings. The van der Waals surface area contributed by atoms with Gasteiger partial charge >= 0.3 is 0 Å². The summed E-state index contributed by atoms with van der Waals surface area (Å²) < 4.78 is 5.69. The van der Waals surface area contributed by atoms with Gasteiger partial charge in [-0.15, -0.1) is 0 Å². The SMILES string of the molecule is CC(Oc1ccc(C#N)cc1)C(=O)NCc1ccccc1CN1CCCCC1. The number of piperidine rings is 1. The molecule has 0 aromatic heterocycles. The van der Waals surface area contributed by atoms with Gasteiger partial charge < -0.3 is 10.1 Å². The Bertz CT molecular complexity index is 820. The number of hydrogen-bond donors (Lipinski definition) is 1. The van der Waals surface area contributed by atoms with Crippen LogP contribution in [0.15, 0.2) is 48.5 Å². The monoisotopic (exact) mass is 377 g/mol. The van der Waals surface area contributed by atoms with Gasteiger partial charge in [0.05, 0.1) is 11.6 Å². The highest BCUT2D eigenvalue weighted by Gasteiger charge is 2.16. The first-order chi connectivity index (χ1) is 13.7. The van der Waals surface area contributed by atoms with Gasteiger partial charge in [0.2, 0.25) is 0 Å². The number of nitrogens with zero attached hydrogens (tertiary/aromatic N) is 2. The molecule has 1 heterocycles. The Kier molecular flexibility index (Phi) is 7.05. The van der Waals surface area contributed by atoms with Crippen molar-refractivity contribution in [1.82, 2.24) is 10.2 Å². The molecule has 1 atom stereocenters. The zero-order valence-corrected chi connectivity index (χ0v) is 16.4. The third kappa shape index (κ3) is 5.58. The molecule has 3 rings (SSSR count). The number of amides is 1. The Morgan fingerprint density at radius 1 is 1.11 bits per heavy atom. The van der Waals surface area contributed by atoms with Crippen molar-refractivity contribution in [2.75, 3.05) is 13.1 Å². The zero-order valence-electron chi connectivity index (χ0n) is 16.4. The highest BCUT2D eigenvalue weighted by atomic mass is 16.5. The summed E-state index contributed by atoms with van der Waals surface area (Å²) in [6, 6.07) is 17.1. The topological polar surface area (TPSA) is 65.4 Å². The van der Waals surface area contributed by atoms with Gasteiger partial charge in [-0.25, -0.2) is 0 Å². The van der Waals surface area contributed by atoms with E-state index in [0.717, 1.165) is 25.2 Å². The van der Waals surface area contributed by atoms with Crippen molar-refractivity contribution in [2.45, 2.75) is 45.4 Å². The van der Waals surface area contributed by atoms with E-state index in [-0.39, 0.29) is 5.91 Å². The minimum absolute atomic E-state index is 0.155. The highest BCUT2D eigenvalue weighted by molar-refractivity contribution is 5.80. The van der Waals surface area contributed by atoms with Gasteiger partial charge in [-0.3, -0.25) is 9.69 Å². The van der Waals surface area contributed by atoms with Crippen molar-refractivity contribution in [3.8, 4) is 11.8 Å². The van der Waals surface area contributed by atoms with E-state index in [2.05, 4.69) is 34.5 Å². The summed E-state index contributed by atoms with van der Waals surface area (Å²) >= 11 is 0. The maximum atomic E-state index is 12.4. The van der Waals surface area contributed by atoms with Gasteiger partial charge in [-0.2, -0.15) is 5.26 Å². The van der Waals surface area contributed by atoms with Crippen LogP contribution in [-0.2, 0) is 17.9 Å². The summed E-state index contributed by atoms with van der Waals surface area (Å²) in [6.45, 7) is 5.45. The standard InChI is InChI=1S/C23H27N3O2/c1-18(28-22-11-9-19(15-24)10-12-22)23(27)25-16-20-7-3-4-8-21(20)17-26-13-5-2-6-14-26/h3-4,7-12,18H,2,5-6,13-14,16-17H2,1H3,(H,25,27). The van der Waals surface area contributed by atoms with Crippen molar-refractivity contribution in [1.29, 1.82) is 5.26 Å². The summed E-state index contributed by atoms with van der Waals surface area (Å²) in [5.41, 5.74) is 2.98. The number of nitrogens with one attached hydrogen (secondary N) is 1. The number of likely N-dealkylation sites (tertiary alicyclic amines) is 1. The first kappa shape index (κ1) is 19.9. The van der Waals surface area contributed by atoms with Crippen LogP contribution in [0.1, 0.15) is 42.9 Å². The molecule has 1 aliphatic rings. The molecular formula is C23H27N3O2. The van der Waals surface area contributed by atoms with Crippen LogP contribution in [0.2, 0.25) is 0 Å². The van der Waals surface area contributed by atoms with Gasteiger partial charge in [0, 0.05) is 13.1 Å². The van der Waals surface area contributed by atoms with Crippen molar-refractivity contribution >= 4 is 5.91 Å². The molecule has 0 aliphatic carbocycles. The normalized spacial score (nSPS) is 15.4. The van der Waals surface area contributed by atoms with Gasteiger partial charge in [0.1, 0.15) is 5.75 Å². The van der Waals surface area contributed by atoms with E-state index in [4.69, 9.17) is 10.00 Å². The van der Waals surface area contributed by atoms with Crippen LogP contribution in [0.4, 0.5) is 0 Å². The van der Waals surface area contributed by atoms with Crippen molar-refractivity contribution in [3.05, 3.63) is 65.2 Å². The summed E-state index contributed by atoms with van der Waals surface area (Å²) in [5, 5.41) is 11.8. The van der Waals surface area contributed by atoms with Crippen molar-refractivity contribution in [3.63, 3.8) is 0 Å². The smallest absolute Gasteiger partial charge is 0.261 e. The number of carbonyl (C=O) groups excluding carboxylic acids is 1. The summed E-state index contributed by atoms with van der Waals surface area (Å²) in [5.74, 6) is 0.421. The Morgan fingerprint density at radius 2 is 1.79 bits per heavy atom. The maximum absolute atomic E-state index is 12.4. The molecule has 1 aliphatic heterocycles. The molecule has 146 valence electrons. The Hall–Kier alpha value is -2.84. The molecule has 1 amide bonds. The lowest BCUT2D eigenvalue weighted by atomic mass is 10.0. The minimum atomic E-state index is -0.609. The maximum Gasteiger partial charge on any atom is 0.261 e. The molecule has 0 bridgehead atoms. The van der Waals surface area contributed by atoms with Crippen LogP contribution < -0.4 is 10.1 Å². The van der Waals surface area contributed by atoms with Crippen LogP contribution >= 0.6 is 0 Å². The summed E-state index contributed by atoms with van der Waals surface area (Å²) in [4.78, 5) is 14.9. The average Bonchev–Trinajstić information content (AvgIpc) is 2.74. The van der Waals surface area contributed by atoms with Crippen LogP contribution in [0.5, 0.6) is 5.75 Å². The molecule has 5 nitrogen and oxygen atoms in total. The van der Waals surface area contributed by atoms with E-state index >= 15 is 0 Å². The highest BCUT2D eigenvalue weighted by Crippen LogP contribution is 2.17. The van der Waals surface area contributed by atoms with Crippen molar-refractivity contribution < 1.29 is 9.53 Å². The van der Waals surface area contributed by atoms with E-state index in [1.807, 2.05) is 6.07 Å². The molecule has 2 aromatic carbocycles. The second kappa shape index (κ2) is 9.91. The molecule has 1 N–H and O–H groups in total. The predicted molar refractivity (Wildman–Crippen MR) is 109 cm³/mol. The molecule has 5 heteroatoms. The lowest BCUT2D eigenvalue weighted by Gasteiger charge is -2.27. The Morgan fingerprint density at radius 3 is 2.46 bits per heavy atom. The number of rotatable bonds is 7. The molecular weight excluding hydrogens is 350 g/mol. The molecule has 28 heavy (non-hydrogen) atoms. The fourth-order valence-electron chi connectivity index (χ4n) is 3.43. The van der Waals surface area contributed by atoms with Crippen LogP contribution in [0, 0.1) is 11.3 Å². The fraction of sp³-hybridized carbons (Fsp3) is 0.391. The Labute approximate surface area is 166 Å². The largest absolute Gasteiger partial charge is 0.481 e.